The molecule has 0 unspecified atom stereocenters. The summed E-state index contributed by atoms with van der Waals surface area (Å²) in [7, 11) is 0. The predicted molar refractivity (Wildman–Crippen MR) is 110 cm³/mol. The number of benzene rings is 1. The van der Waals surface area contributed by atoms with Crippen LogP contribution in [0.1, 0.15) is 53.1 Å². The molecular formula is C21H28N6O. The van der Waals surface area contributed by atoms with Crippen LogP contribution < -0.4 is 10.6 Å². The van der Waals surface area contributed by atoms with Crippen LogP contribution >= 0.6 is 0 Å². The second-order valence-corrected chi connectivity index (χ2v) is 7.46. The van der Waals surface area contributed by atoms with Crippen molar-refractivity contribution in [1.82, 2.24) is 30.6 Å². The normalized spacial score (nSPS) is 15.2. The molecule has 3 heterocycles. The fourth-order valence-corrected chi connectivity index (χ4v) is 4.12. The second-order valence-electron chi connectivity index (χ2n) is 7.46. The van der Waals surface area contributed by atoms with Crippen LogP contribution in [0.15, 0.2) is 24.4 Å². The molecular weight excluding hydrogens is 352 g/mol. The lowest BCUT2D eigenvalue weighted by Gasteiger charge is -2.23. The molecule has 2 aromatic heterocycles. The summed E-state index contributed by atoms with van der Waals surface area (Å²) < 4.78 is 1.92. The summed E-state index contributed by atoms with van der Waals surface area (Å²) in [5.41, 5.74) is 5.03. The largest absolute Gasteiger partial charge is 0.361 e. The Morgan fingerprint density at radius 3 is 2.89 bits per heavy atom. The number of carbonyl (C=O) groups is 1. The van der Waals surface area contributed by atoms with Crippen LogP contribution in [-0.4, -0.2) is 45.5 Å². The quantitative estimate of drug-likeness (QED) is 0.613. The molecule has 7 heteroatoms. The molecule has 0 radical (unpaired) electrons. The van der Waals surface area contributed by atoms with Crippen LogP contribution in [0.4, 0.5) is 0 Å². The Balaban J connectivity index is 1.39. The highest BCUT2D eigenvalue weighted by Crippen LogP contribution is 2.23. The van der Waals surface area contributed by atoms with Gasteiger partial charge in [0.15, 0.2) is 5.69 Å². The van der Waals surface area contributed by atoms with Crippen molar-refractivity contribution in [3.63, 3.8) is 0 Å². The minimum Gasteiger partial charge on any atom is -0.361 e. The number of fused-ring (bicyclic) bond motifs is 1. The molecule has 28 heavy (non-hydrogen) atoms. The third kappa shape index (κ3) is 3.54. The second kappa shape index (κ2) is 8.14. The van der Waals surface area contributed by atoms with E-state index in [1.165, 1.54) is 22.0 Å². The van der Waals surface area contributed by atoms with E-state index in [-0.39, 0.29) is 5.91 Å². The van der Waals surface area contributed by atoms with Crippen molar-refractivity contribution >= 4 is 16.8 Å². The smallest absolute Gasteiger partial charge is 0.273 e. The SMILES string of the molecule is CCc1cccc2c(CCNC(=O)c3nnn(C4CCNCC4)c3C)c[nH]c12. The molecule has 4 rings (SSSR count). The number of amides is 1. The molecule has 1 aliphatic heterocycles. The molecule has 1 saturated heterocycles. The van der Waals surface area contributed by atoms with Gasteiger partial charge < -0.3 is 15.6 Å². The van der Waals surface area contributed by atoms with Gasteiger partial charge in [-0.05, 0) is 56.8 Å². The minimum atomic E-state index is -0.147. The van der Waals surface area contributed by atoms with E-state index in [4.69, 9.17) is 0 Å². The van der Waals surface area contributed by atoms with E-state index in [9.17, 15) is 4.79 Å². The number of nitrogens with zero attached hydrogens (tertiary/aromatic N) is 3. The fraction of sp³-hybridized carbons (Fsp3) is 0.476. The number of H-pyrrole nitrogens is 1. The lowest BCUT2D eigenvalue weighted by atomic mass is 10.1. The number of carbonyl (C=O) groups excluding carboxylic acids is 1. The van der Waals surface area contributed by atoms with E-state index in [1.807, 2.05) is 11.6 Å². The van der Waals surface area contributed by atoms with Gasteiger partial charge in [0.1, 0.15) is 0 Å². The number of aromatic nitrogens is 4. The first kappa shape index (κ1) is 18.7. The molecule has 1 aliphatic rings. The molecule has 1 fully saturated rings. The topological polar surface area (TPSA) is 87.6 Å². The number of rotatable bonds is 6. The Morgan fingerprint density at radius 2 is 2.11 bits per heavy atom. The van der Waals surface area contributed by atoms with E-state index < -0.39 is 0 Å². The average Bonchev–Trinajstić information content (AvgIpc) is 3.32. The van der Waals surface area contributed by atoms with Crippen molar-refractivity contribution in [3.8, 4) is 0 Å². The van der Waals surface area contributed by atoms with Crippen LogP contribution in [0.3, 0.4) is 0 Å². The van der Waals surface area contributed by atoms with Gasteiger partial charge in [0.05, 0.1) is 11.7 Å². The van der Waals surface area contributed by atoms with Crippen LogP contribution in [-0.2, 0) is 12.8 Å². The highest BCUT2D eigenvalue weighted by molar-refractivity contribution is 5.93. The van der Waals surface area contributed by atoms with Gasteiger partial charge in [0.2, 0.25) is 0 Å². The molecule has 3 N–H and O–H groups in total. The molecule has 148 valence electrons. The van der Waals surface area contributed by atoms with Gasteiger partial charge in [-0.3, -0.25) is 4.79 Å². The molecule has 0 spiro atoms. The standard InChI is InChI=1S/C21H28N6O/c1-3-15-5-4-6-18-16(13-24-20(15)18)7-12-23-21(28)19-14(2)27(26-25-19)17-8-10-22-11-9-17/h4-6,13,17,22,24H,3,7-12H2,1-2H3,(H,23,28). The van der Waals surface area contributed by atoms with Crippen molar-refractivity contribution in [3.05, 3.63) is 46.9 Å². The maximum atomic E-state index is 12.6. The van der Waals surface area contributed by atoms with Crippen LogP contribution in [0.2, 0.25) is 0 Å². The first-order chi connectivity index (χ1) is 13.7. The van der Waals surface area contributed by atoms with Crippen LogP contribution in [0, 0.1) is 6.92 Å². The maximum Gasteiger partial charge on any atom is 0.273 e. The summed E-state index contributed by atoms with van der Waals surface area (Å²) in [4.78, 5) is 16.0. The number of nitrogens with one attached hydrogen (secondary N) is 3. The molecule has 0 atom stereocenters. The number of piperidine rings is 1. The first-order valence-electron chi connectivity index (χ1n) is 10.2. The van der Waals surface area contributed by atoms with Gasteiger partial charge in [-0.25, -0.2) is 4.68 Å². The number of para-hydroxylation sites is 1. The fourth-order valence-electron chi connectivity index (χ4n) is 4.12. The predicted octanol–water partition coefficient (Wildman–Crippen LogP) is 2.53. The Hall–Kier alpha value is -2.67. The average molecular weight is 380 g/mol. The Morgan fingerprint density at radius 1 is 1.29 bits per heavy atom. The maximum absolute atomic E-state index is 12.6. The molecule has 0 saturated carbocycles. The van der Waals surface area contributed by atoms with Crippen molar-refractivity contribution in [1.29, 1.82) is 0 Å². The van der Waals surface area contributed by atoms with Crippen molar-refractivity contribution in [2.75, 3.05) is 19.6 Å². The monoisotopic (exact) mass is 380 g/mol. The van der Waals surface area contributed by atoms with Gasteiger partial charge in [-0.2, -0.15) is 0 Å². The summed E-state index contributed by atoms with van der Waals surface area (Å²) in [6.07, 6.45) is 5.87. The van der Waals surface area contributed by atoms with Gasteiger partial charge in [-0.15, -0.1) is 5.10 Å². The van der Waals surface area contributed by atoms with Crippen molar-refractivity contribution in [2.45, 2.75) is 45.6 Å². The zero-order chi connectivity index (χ0) is 19.5. The van der Waals surface area contributed by atoms with E-state index in [0.717, 1.165) is 44.5 Å². The lowest BCUT2D eigenvalue weighted by molar-refractivity contribution is 0.0948. The minimum absolute atomic E-state index is 0.147. The van der Waals surface area contributed by atoms with E-state index in [2.05, 4.69) is 57.2 Å². The summed E-state index contributed by atoms with van der Waals surface area (Å²) >= 11 is 0. The summed E-state index contributed by atoms with van der Waals surface area (Å²) in [6.45, 7) is 6.63. The summed E-state index contributed by atoms with van der Waals surface area (Å²) in [5, 5.41) is 16.0. The van der Waals surface area contributed by atoms with E-state index in [1.54, 1.807) is 0 Å². The molecule has 1 amide bonds. The molecule has 0 bridgehead atoms. The van der Waals surface area contributed by atoms with Crippen LogP contribution in [0.5, 0.6) is 0 Å². The summed E-state index contributed by atoms with van der Waals surface area (Å²) in [5.74, 6) is -0.147. The number of aromatic amines is 1. The van der Waals surface area contributed by atoms with Gasteiger partial charge in [-0.1, -0.05) is 30.3 Å². The summed E-state index contributed by atoms with van der Waals surface area (Å²) in [6, 6.07) is 6.71. The molecule has 7 nitrogen and oxygen atoms in total. The molecule has 3 aromatic rings. The lowest BCUT2D eigenvalue weighted by Crippen LogP contribution is -2.30. The van der Waals surface area contributed by atoms with Gasteiger partial charge in [0, 0.05) is 23.6 Å². The number of aryl methyl sites for hydroxylation is 1. The van der Waals surface area contributed by atoms with Crippen molar-refractivity contribution < 1.29 is 4.79 Å². The Labute approximate surface area is 164 Å². The van der Waals surface area contributed by atoms with E-state index >= 15 is 0 Å². The third-order valence-corrected chi connectivity index (χ3v) is 5.75. The van der Waals surface area contributed by atoms with Crippen molar-refractivity contribution in [2.24, 2.45) is 0 Å². The first-order valence-corrected chi connectivity index (χ1v) is 10.2. The van der Waals surface area contributed by atoms with E-state index in [0.29, 0.717) is 18.3 Å². The zero-order valence-corrected chi connectivity index (χ0v) is 16.6. The highest BCUT2D eigenvalue weighted by Gasteiger charge is 2.22. The third-order valence-electron chi connectivity index (χ3n) is 5.75. The van der Waals surface area contributed by atoms with Gasteiger partial charge >= 0.3 is 0 Å². The Kier molecular flexibility index (Phi) is 5.43. The molecule has 1 aromatic carbocycles. The van der Waals surface area contributed by atoms with Crippen LogP contribution in [0.25, 0.3) is 10.9 Å². The number of hydrogen-bond donors (Lipinski definition) is 3. The highest BCUT2D eigenvalue weighted by atomic mass is 16.2. The molecule has 0 aliphatic carbocycles. The van der Waals surface area contributed by atoms with Gasteiger partial charge in [0.25, 0.3) is 5.91 Å². The Bertz CT molecular complexity index is 967. The number of hydrogen-bond acceptors (Lipinski definition) is 4. The zero-order valence-electron chi connectivity index (χ0n) is 16.6.